The number of hydrogen-bond acceptors (Lipinski definition) is 1. The van der Waals surface area contributed by atoms with Gasteiger partial charge in [-0.25, -0.2) is 0 Å². The maximum atomic E-state index is 10.3. The molecular formula is C16H17IO. The molecule has 2 rings (SSSR count). The molecule has 1 atom stereocenters. The van der Waals surface area contributed by atoms with Crippen molar-refractivity contribution in [3.8, 4) is 0 Å². The molecule has 0 heterocycles. The van der Waals surface area contributed by atoms with Crippen LogP contribution in [0.2, 0.25) is 0 Å². The SMILES string of the molecule is Cc1cccc(C)c1CC(O)c1cccc(I)c1. The summed E-state index contributed by atoms with van der Waals surface area (Å²) >= 11 is 2.27. The Labute approximate surface area is 122 Å². The van der Waals surface area contributed by atoms with Gasteiger partial charge in [-0.3, -0.25) is 0 Å². The summed E-state index contributed by atoms with van der Waals surface area (Å²) in [4.78, 5) is 0. The van der Waals surface area contributed by atoms with E-state index in [9.17, 15) is 5.11 Å². The van der Waals surface area contributed by atoms with E-state index in [0.29, 0.717) is 6.42 Å². The minimum atomic E-state index is -0.431. The Balaban J connectivity index is 2.24. The highest BCUT2D eigenvalue weighted by atomic mass is 127. The molecule has 0 fully saturated rings. The Kier molecular flexibility index (Phi) is 4.40. The van der Waals surface area contributed by atoms with Crippen molar-refractivity contribution in [2.75, 3.05) is 0 Å². The molecule has 2 aromatic carbocycles. The van der Waals surface area contributed by atoms with Crippen molar-refractivity contribution in [3.05, 3.63) is 68.3 Å². The predicted octanol–water partition coefficient (Wildman–Crippen LogP) is 4.18. The number of halogens is 1. The summed E-state index contributed by atoms with van der Waals surface area (Å²) in [6.45, 7) is 4.20. The number of aliphatic hydroxyl groups is 1. The van der Waals surface area contributed by atoms with E-state index in [1.165, 1.54) is 16.7 Å². The first-order valence-electron chi connectivity index (χ1n) is 6.06. The average molecular weight is 352 g/mol. The summed E-state index contributed by atoms with van der Waals surface area (Å²) in [5, 5.41) is 10.3. The van der Waals surface area contributed by atoms with Crippen molar-refractivity contribution < 1.29 is 5.11 Å². The third-order valence-electron chi connectivity index (χ3n) is 3.28. The standard InChI is InChI=1S/C16H17IO/c1-11-5-3-6-12(2)15(11)10-16(18)13-7-4-8-14(17)9-13/h3-9,16,18H,10H2,1-2H3. The first-order valence-corrected chi connectivity index (χ1v) is 7.14. The lowest BCUT2D eigenvalue weighted by atomic mass is 9.95. The van der Waals surface area contributed by atoms with Crippen LogP contribution in [0.5, 0.6) is 0 Å². The molecule has 1 unspecified atom stereocenters. The topological polar surface area (TPSA) is 20.2 Å². The maximum Gasteiger partial charge on any atom is 0.0830 e. The van der Waals surface area contributed by atoms with E-state index in [4.69, 9.17) is 0 Å². The lowest BCUT2D eigenvalue weighted by Gasteiger charge is -2.15. The molecule has 0 aliphatic rings. The summed E-state index contributed by atoms with van der Waals surface area (Å²) in [6, 6.07) is 14.3. The van der Waals surface area contributed by atoms with Crippen molar-refractivity contribution in [1.82, 2.24) is 0 Å². The highest BCUT2D eigenvalue weighted by molar-refractivity contribution is 14.1. The van der Waals surface area contributed by atoms with Gasteiger partial charge in [-0.15, -0.1) is 0 Å². The van der Waals surface area contributed by atoms with Gasteiger partial charge in [-0.1, -0.05) is 30.3 Å². The monoisotopic (exact) mass is 352 g/mol. The van der Waals surface area contributed by atoms with Crippen LogP contribution in [0.4, 0.5) is 0 Å². The first kappa shape index (κ1) is 13.6. The van der Waals surface area contributed by atoms with Gasteiger partial charge in [0.05, 0.1) is 6.10 Å². The molecular weight excluding hydrogens is 335 g/mol. The van der Waals surface area contributed by atoms with Gasteiger partial charge >= 0.3 is 0 Å². The summed E-state index contributed by atoms with van der Waals surface area (Å²) in [5.74, 6) is 0. The quantitative estimate of drug-likeness (QED) is 0.822. The fourth-order valence-corrected chi connectivity index (χ4v) is 2.76. The van der Waals surface area contributed by atoms with E-state index in [-0.39, 0.29) is 0 Å². The number of hydrogen-bond donors (Lipinski definition) is 1. The molecule has 94 valence electrons. The Morgan fingerprint density at radius 2 is 1.67 bits per heavy atom. The van der Waals surface area contributed by atoms with Gasteiger partial charge in [-0.05, 0) is 70.8 Å². The number of rotatable bonds is 3. The largest absolute Gasteiger partial charge is 0.388 e. The molecule has 0 spiro atoms. The van der Waals surface area contributed by atoms with E-state index in [2.05, 4.69) is 54.6 Å². The van der Waals surface area contributed by atoms with E-state index >= 15 is 0 Å². The van der Waals surface area contributed by atoms with E-state index in [0.717, 1.165) is 9.13 Å². The summed E-state index contributed by atoms with van der Waals surface area (Å²) < 4.78 is 1.16. The van der Waals surface area contributed by atoms with Gasteiger partial charge in [0.2, 0.25) is 0 Å². The van der Waals surface area contributed by atoms with Crippen LogP contribution in [0.1, 0.15) is 28.4 Å². The van der Waals surface area contributed by atoms with E-state index in [1.807, 2.05) is 24.3 Å². The van der Waals surface area contributed by atoms with E-state index in [1.54, 1.807) is 0 Å². The molecule has 0 aliphatic heterocycles. The molecule has 0 saturated carbocycles. The Bertz CT molecular complexity index is 528. The van der Waals surface area contributed by atoms with Gasteiger partial charge in [0.1, 0.15) is 0 Å². The molecule has 2 aromatic rings. The molecule has 0 aromatic heterocycles. The Morgan fingerprint density at radius 3 is 2.28 bits per heavy atom. The van der Waals surface area contributed by atoms with Crippen LogP contribution >= 0.6 is 22.6 Å². The molecule has 2 heteroatoms. The Hall–Kier alpha value is -0.870. The Morgan fingerprint density at radius 1 is 1.06 bits per heavy atom. The van der Waals surface area contributed by atoms with Crippen LogP contribution < -0.4 is 0 Å². The smallest absolute Gasteiger partial charge is 0.0830 e. The first-order chi connectivity index (χ1) is 8.58. The van der Waals surface area contributed by atoms with Crippen LogP contribution in [0.3, 0.4) is 0 Å². The molecule has 0 amide bonds. The van der Waals surface area contributed by atoms with Gasteiger partial charge < -0.3 is 5.11 Å². The molecule has 1 nitrogen and oxygen atoms in total. The van der Waals surface area contributed by atoms with Crippen molar-refractivity contribution >= 4 is 22.6 Å². The summed E-state index contributed by atoms with van der Waals surface area (Å²) in [7, 11) is 0. The highest BCUT2D eigenvalue weighted by Crippen LogP contribution is 2.23. The molecule has 1 N–H and O–H groups in total. The third-order valence-corrected chi connectivity index (χ3v) is 3.95. The van der Waals surface area contributed by atoms with Crippen LogP contribution in [-0.4, -0.2) is 5.11 Å². The van der Waals surface area contributed by atoms with Gasteiger partial charge in [0.25, 0.3) is 0 Å². The van der Waals surface area contributed by atoms with Crippen LogP contribution in [-0.2, 0) is 6.42 Å². The predicted molar refractivity (Wildman–Crippen MR) is 83.7 cm³/mol. The average Bonchev–Trinajstić information content (AvgIpc) is 2.34. The van der Waals surface area contributed by atoms with Crippen molar-refractivity contribution in [1.29, 1.82) is 0 Å². The highest BCUT2D eigenvalue weighted by Gasteiger charge is 2.12. The molecule has 0 bridgehead atoms. The minimum Gasteiger partial charge on any atom is -0.388 e. The fraction of sp³-hybridized carbons (Fsp3) is 0.250. The zero-order valence-electron chi connectivity index (χ0n) is 10.7. The van der Waals surface area contributed by atoms with E-state index < -0.39 is 6.10 Å². The van der Waals surface area contributed by atoms with Crippen molar-refractivity contribution in [3.63, 3.8) is 0 Å². The normalized spacial score (nSPS) is 12.4. The zero-order chi connectivity index (χ0) is 13.1. The minimum absolute atomic E-state index is 0.431. The second-order valence-corrected chi connectivity index (χ2v) is 5.89. The van der Waals surface area contributed by atoms with Crippen LogP contribution in [0.25, 0.3) is 0 Å². The lowest BCUT2D eigenvalue weighted by molar-refractivity contribution is 0.178. The zero-order valence-corrected chi connectivity index (χ0v) is 12.8. The second-order valence-electron chi connectivity index (χ2n) is 4.65. The summed E-state index contributed by atoms with van der Waals surface area (Å²) in [6.07, 6.45) is 0.248. The van der Waals surface area contributed by atoms with Gasteiger partial charge in [-0.2, -0.15) is 0 Å². The third kappa shape index (κ3) is 3.12. The number of aliphatic hydroxyl groups excluding tert-OH is 1. The number of benzene rings is 2. The van der Waals surface area contributed by atoms with Crippen molar-refractivity contribution in [2.45, 2.75) is 26.4 Å². The van der Waals surface area contributed by atoms with Crippen LogP contribution in [0, 0.1) is 17.4 Å². The lowest BCUT2D eigenvalue weighted by Crippen LogP contribution is -2.05. The molecule has 0 saturated heterocycles. The fourth-order valence-electron chi connectivity index (χ4n) is 2.20. The second kappa shape index (κ2) is 5.85. The molecule has 0 radical (unpaired) electrons. The van der Waals surface area contributed by atoms with Gasteiger partial charge in [0.15, 0.2) is 0 Å². The summed E-state index contributed by atoms with van der Waals surface area (Å²) in [5.41, 5.74) is 4.74. The van der Waals surface area contributed by atoms with Gasteiger partial charge in [0, 0.05) is 9.99 Å². The van der Waals surface area contributed by atoms with Crippen LogP contribution in [0.15, 0.2) is 42.5 Å². The number of aryl methyl sites for hydroxylation is 2. The van der Waals surface area contributed by atoms with Crippen molar-refractivity contribution in [2.24, 2.45) is 0 Å². The molecule has 18 heavy (non-hydrogen) atoms. The molecule has 0 aliphatic carbocycles. The maximum absolute atomic E-state index is 10.3.